The van der Waals surface area contributed by atoms with Gasteiger partial charge in [0.2, 0.25) is 0 Å². The van der Waals surface area contributed by atoms with Gasteiger partial charge in [-0.1, -0.05) is 42.6 Å². The smallest absolute Gasteiger partial charge is 0.252 e. The Bertz CT molecular complexity index is 674. The first kappa shape index (κ1) is 18.6. The second kappa shape index (κ2) is 9.50. The Morgan fingerprint density at radius 2 is 2.00 bits per heavy atom. The SMILES string of the molecule is CCCCNc1ccc(C(=O)NCCc2ccc(Cl)cc2Cl)cn1. The summed E-state index contributed by atoms with van der Waals surface area (Å²) in [5, 5.41) is 7.30. The Morgan fingerprint density at radius 3 is 2.67 bits per heavy atom. The first-order valence-electron chi connectivity index (χ1n) is 8.02. The lowest BCUT2D eigenvalue weighted by Crippen LogP contribution is -2.25. The minimum atomic E-state index is -0.146. The van der Waals surface area contributed by atoms with Gasteiger partial charge in [-0.15, -0.1) is 0 Å². The van der Waals surface area contributed by atoms with Gasteiger partial charge < -0.3 is 10.6 Å². The monoisotopic (exact) mass is 365 g/mol. The van der Waals surface area contributed by atoms with Crippen LogP contribution in [0.4, 0.5) is 5.82 Å². The molecule has 1 aromatic heterocycles. The number of aromatic nitrogens is 1. The van der Waals surface area contributed by atoms with Crippen molar-refractivity contribution in [1.29, 1.82) is 0 Å². The maximum Gasteiger partial charge on any atom is 0.252 e. The minimum absolute atomic E-state index is 0.146. The molecule has 0 saturated heterocycles. The number of nitrogens with one attached hydrogen (secondary N) is 2. The molecule has 0 aliphatic carbocycles. The number of carbonyl (C=O) groups is 1. The topological polar surface area (TPSA) is 54.0 Å². The molecular weight excluding hydrogens is 345 g/mol. The molecule has 0 atom stereocenters. The zero-order chi connectivity index (χ0) is 17.4. The Labute approximate surface area is 152 Å². The fraction of sp³-hybridized carbons (Fsp3) is 0.333. The molecule has 0 aliphatic heterocycles. The Kier molecular flexibility index (Phi) is 7.35. The Morgan fingerprint density at radius 1 is 1.17 bits per heavy atom. The van der Waals surface area contributed by atoms with Gasteiger partial charge in [0, 0.05) is 29.3 Å². The van der Waals surface area contributed by atoms with E-state index in [4.69, 9.17) is 23.2 Å². The maximum atomic E-state index is 12.1. The first-order chi connectivity index (χ1) is 11.6. The molecule has 2 aromatic rings. The minimum Gasteiger partial charge on any atom is -0.370 e. The van der Waals surface area contributed by atoms with Crippen LogP contribution in [0.1, 0.15) is 35.7 Å². The van der Waals surface area contributed by atoms with E-state index in [0.717, 1.165) is 30.8 Å². The highest BCUT2D eigenvalue weighted by Gasteiger charge is 2.07. The molecule has 0 spiro atoms. The van der Waals surface area contributed by atoms with E-state index in [1.54, 1.807) is 24.4 Å². The molecule has 2 N–H and O–H groups in total. The summed E-state index contributed by atoms with van der Waals surface area (Å²) in [4.78, 5) is 16.4. The van der Waals surface area contributed by atoms with Crippen LogP contribution in [0.5, 0.6) is 0 Å². The summed E-state index contributed by atoms with van der Waals surface area (Å²) in [6.45, 7) is 3.52. The number of rotatable bonds is 8. The van der Waals surface area contributed by atoms with E-state index >= 15 is 0 Å². The molecule has 1 aromatic carbocycles. The van der Waals surface area contributed by atoms with Crippen molar-refractivity contribution in [2.75, 3.05) is 18.4 Å². The van der Waals surface area contributed by atoms with Gasteiger partial charge in [-0.2, -0.15) is 0 Å². The van der Waals surface area contributed by atoms with E-state index in [9.17, 15) is 4.79 Å². The summed E-state index contributed by atoms with van der Waals surface area (Å²) < 4.78 is 0. The lowest BCUT2D eigenvalue weighted by atomic mass is 10.1. The predicted octanol–water partition coefficient (Wildman–Crippen LogP) is 4.57. The summed E-state index contributed by atoms with van der Waals surface area (Å²) in [5.41, 5.74) is 1.49. The van der Waals surface area contributed by atoms with Crippen molar-refractivity contribution < 1.29 is 4.79 Å². The number of amides is 1. The lowest BCUT2D eigenvalue weighted by Gasteiger charge is -2.08. The number of anilines is 1. The van der Waals surface area contributed by atoms with E-state index in [0.29, 0.717) is 28.6 Å². The van der Waals surface area contributed by atoms with Crippen molar-refractivity contribution in [3.63, 3.8) is 0 Å². The molecular formula is C18H21Cl2N3O. The third-order valence-corrected chi connectivity index (χ3v) is 4.14. The normalized spacial score (nSPS) is 10.5. The summed E-state index contributed by atoms with van der Waals surface area (Å²) in [6, 6.07) is 8.95. The van der Waals surface area contributed by atoms with Gasteiger partial charge in [0.1, 0.15) is 5.82 Å². The number of hydrogen-bond donors (Lipinski definition) is 2. The zero-order valence-corrected chi connectivity index (χ0v) is 15.1. The van der Waals surface area contributed by atoms with Crippen LogP contribution in [-0.2, 0) is 6.42 Å². The second-order valence-electron chi connectivity index (χ2n) is 5.45. The lowest BCUT2D eigenvalue weighted by molar-refractivity contribution is 0.0954. The highest BCUT2D eigenvalue weighted by Crippen LogP contribution is 2.21. The molecule has 6 heteroatoms. The van der Waals surface area contributed by atoms with Gasteiger partial charge in [-0.25, -0.2) is 4.98 Å². The van der Waals surface area contributed by atoms with Crippen molar-refractivity contribution in [2.45, 2.75) is 26.2 Å². The molecule has 4 nitrogen and oxygen atoms in total. The number of pyridine rings is 1. The fourth-order valence-corrected chi connectivity index (χ4v) is 2.67. The highest BCUT2D eigenvalue weighted by atomic mass is 35.5. The number of benzene rings is 1. The summed E-state index contributed by atoms with van der Waals surface area (Å²) in [7, 11) is 0. The summed E-state index contributed by atoms with van der Waals surface area (Å²) in [5.74, 6) is 0.639. The van der Waals surface area contributed by atoms with Gasteiger partial charge in [-0.05, 0) is 42.7 Å². The van der Waals surface area contributed by atoms with Crippen LogP contribution in [0.3, 0.4) is 0 Å². The van der Waals surface area contributed by atoms with Crippen molar-refractivity contribution >= 4 is 34.9 Å². The molecule has 0 aliphatic rings. The average Bonchev–Trinajstić information content (AvgIpc) is 2.57. The number of halogens is 2. The fourth-order valence-electron chi connectivity index (χ4n) is 2.16. The number of unbranched alkanes of at least 4 members (excludes halogenated alkanes) is 1. The van der Waals surface area contributed by atoms with Gasteiger partial charge in [0.15, 0.2) is 0 Å². The largest absolute Gasteiger partial charge is 0.370 e. The van der Waals surface area contributed by atoms with Crippen LogP contribution < -0.4 is 10.6 Å². The number of carbonyl (C=O) groups excluding carboxylic acids is 1. The third kappa shape index (κ3) is 5.69. The maximum absolute atomic E-state index is 12.1. The molecule has 0 bridgehead atoms. The number of hydrogen-bond acceptors (Lipinski definition) is 3. The predicted molar refractivity (Wildman–Crippen MR) is 100 cm³/mol. The molecule has 0 radical (unpaired) electrons. The first-order valence-corrected chi connectivity index (χ1v) is 8.77. The van der Waals surface area contributed by atoms with Gasteiger partial charge in [0.05, 0.1) is 5.56 Å². The van der Waals surface area contributed by atoms with E-state index in [1.165, 1.54) is 0 Å². The molecule has 1 amide bonds. The summed E-state index contributed by atoms with van der Waals surface area (Å²) in [6.07, 6.45) is 4.45. The van der Waals surface area contributed by atoms with E-state index in [2.05, 4.69) is 22.5 Å². The van der Waals surface area contributed by atoms with Crippen LogP contribution in [0.15, 0.2) is 36.5 Å². The van der Waals surface area contributed by atoms with Crippen molar-refractivity contribution in [3.8, 4) is 0 Å². The van der Waals surface area contributed by atoms with Crippen molar-refractivity contribution in [3.05, 3.63) is 57.7 Å². The zero-order valence-electron chi connectivity index (χ0n) is 13.6. The standard InChI is InChI=1S/C18H21Cl2N3O/c1-2-3-9-21-17-7-5-14(12-23-17)18(24)22-10-8-13-4-6-15(19)11-16(13)20/h4-7,11-12H,2-3,8-10H2,1H3,(H,21,23)(H,22,24). The van der Waals surface area contributed by atoms with E-state index in [1.807, 2.05) is 12.1 Å². The molecule has 24 heavy (non-hydrogen) atoms. The number of nitrogens with zero attached hydrogens (tertiary/aromatic N) is 1. The molecule has 2 rings (SSSR count). The molecule has 128 valence electrons. The van der Waals surface area contributed by atoms with Crippen LogP contribution in [-0.4, -0.2) is 24.0 Å². The molecule has 1 heterocycles. The quantitative estimate of drug-likeness (QED) is 0.673. The van der Waals surface area contributed by atoms with Crippen LogP contribution in [0, 0.1) is 0 Å². The van der Waals surface area contributed by atoms with Crippen molar-refractivity contribution in [2.24, 2.45) is 0 Å². The van der Waals surface area contributed by atoms with Gasteiger partial charge in [0.25, 0.3) is 5.91 Å². The second-order valence-corrected chi connectivity index (χ2v) is 6.30. The molecule has 0 fully saturated rings. The Hall–Kier alpha value is -1.78. The Balaban J connectivity index is 1.81. The van der Waals surface area contributed by atoms with Gasteiger partial charge >= 0.3 is 0 Å². The molecule has 0 saturated carbocycles. The van der Waals surface area contributed by atoms with E-state index in [-0.39, 0.29) is 5.91 Å². The highest BCUT2D eigenvalue weighted by molar-refractivity contribution is 6.35. The van der Waals surface area contributed by atoms with Gasteiger partial charge in [-0.3, -0.25) is 4.79 Å². The van der Waals surface area contributed by atoms with E-state index < -0.39 is 0 Å². The average molecular weight is 366 g/mol. The molecule has 0 unspecified atom stereocenters. The van der Waals surface area contributed by atoms with Crippen LogP contribution in [0.25, 0.3) is 0 Å². The summed E-state index contributed by atoms with van der Waals surface area (Å²) >= 11 is 12.0. The van der Waals surface area contributed by atoms with Crippen molar-refractivity contribution in [1.82, 2.24) is 10.3 Å². The third-order valence-electron chi connectivity index (χ3n) is 3.56. The van der Waals surface area contributed by atoms with Crippen LogP contribution >= 0.6 is 23.2 Å². The van der Waals surface area contributed by atoms with Crippen LogP contribution in [0.2, 0.25) is 10.0 Å².